The summed E-state index contributed by atoms with van der Waals surface area (Å²) >= 11 is 0. The molecule has 0 bridgehead atoms. The number of nitrogens with one attached hydrogen (secondary N) is 1. The number of rotatable bonds is 2. The Kier molecular flexibility index (Phi) is 3.20. The summed E-state index contributed by atoms with van der Waals surface area (Å²) in [7, 11) is 0. The van der Waals surface area contributed by atoms with Gasteiger partial charge in [0, 0.05) is 19.3 Å². The molecule has 0 amide bonds. The van der Waals surface area contributed by atoms with Gasteiger partial charge in [0.25, 0.3) is 5.82 Å². The third kappa shape index (κ3) is 2.53. The van der Waals surface area contributed by atoms with E-state index in [-0.39, 0.29) is 11.7 Å². The van der Waals surface area contributed by atoms with E-state index in [4.69, 9.17) is 4.74 Å². The fourth-order valence-electron chi connectivity index (χ4n) is 2.09. The van der Waals surface area contributed by atoms with Crippen LogP contribution in [-0.4, -0.2) is 39.1 Å². The van der Waals surface area contributed by atoms with Gasteiger partial charge in [-0.05, 0) is 25.0 Å². The number of anilines is 1. The van der Waals surface area contributed by atoms with E-state index in [0.717, 1.165) is 12.8 Å². The van der Waals surface area contributed by atoms with Crippen LogP contribution in [0.4, 0.5) is 19.0 Å². The molecule has 0 aromatic carbocycles. The van der Waals surface area contributed by atoms with Crippen molar-refractivity contribution >= 4 is 11.5 Å². The second kappa shape index (κ2) is 4.89. The number of hydrogen-bond donors (Lipinski definition) is 1. The average Bonchev–Trinajstić information content (AvgIpc) is 2.83. The summed E-state index contributed by atoms with van der Waals surface area (Å²) < 4.78 is 44.2. The van der Waals surface area contributed by atoms with E-state index >= 15 is 0 Å². The molecule has 0 radical (unpaired) electrons. The lowest BCUT2D eigenvalue weighted by Crippen LogP contribution is -2.28. The Bertz CT molecular complexity index is 606. The van der Waals surface area contributed by atoms with Crippen molar-refractivity contribution in [2.45, 2.75) is 25.1 Å². The van der Waals surface area contributed by atoms with Crippen LogP contribution >= 0.6 is 0 Å². The Hall–Kier alpha value is -1.90. The highest BCUT2D eigenvalue weighted by Crippen LogP contribution is 2.27. The minimum absolute atomic E-state index is 0.0647. The summed E-state index contributed by atoms with van der Waals surface area (Å²) in [6.07, 6.45) is -2.98. The van der Waals surface area contributed by atoms with Gasteiger partial charge in [-0.3, -0.25) is 0 Å². The molecular formula is C11H12F3N5O. The van der Waals surface area contributed by atoms with Gasteiger partial charge < -0.3 is 10.1 Å². The molecule has 2 aromatic heterocycles. The Labute approximate surface area is 111 Å². The molecular weight excluding hydrogens is 275 g/mol. The number of halogens is 3. The van der Waals surface area contributed by atoms with Gasteiger partial charge in [-0.2, -0.15) is 17.7 Å². The van der Waals surface area contributed by atoms with Crippen molar-refractivity contribution < 1.29 is 17.9 Å². The Morgan fingerprint density at radius 3 is 2.65 bits per heavy atom. The number of nitrogens with zero attached hydrogens (tertiary/aromatic N) is 4. The monoisotopic (exact) mass is 287 g/mol. The van der Waals surface area contributed by atoms with Crippen LogP contribution in [0.15, 0.2) is 12.1 Å². The second-order valence-corrected chi connectivity index (χ2v) is 4.54. The summed E-state index contributed by atoms with van der Waals surface area (Å²) in [5.41, 5.74) is 0.0647. The minimum Gasteiger partial charge on any atom is -0.381 e. The molecule has 1 aliphatic heterocycles. The number of fused-ring (bicyclic) bond motifs is 1. The van der Waals surface area contributed by atoms with Crippen molar-refractivity contribution in [3.63, 3.8) is 0 Å². The lowest BCUT2D eigenvalue weighted by Gasteiger charge is -2.23. The van der Waals surface area contributed by atoms with Crippen LogP contribution in [0, 0.1) is 0 Å². The SMILES string of the molecule is FC(F)(F)c1nnc2ccc(NC3CCOCC3)nn12. The van der Waals surface area contributed by atoms with Crippen LogP contribution in [0.2, 0.25) is 0 Å². The smallest absolute Gasteiger partial charge is 0.381 e. The maximum Gasteiger partial charge on any atom is 0.453 e. The van der Waals surface area contributed by atoms with Crippen LogP contribution in [0.3, 0.4) is 0 Å². The molecule has 108 valence electrons. The summed E-state index contributed by atoms with van der Waals surface area (Å²) in [6, 6.07) is 3.20. The fourth-order valence-corrected chi connectivity index (χ4v) is 2.09. The van der Waals surface area contributed by atoms with E-state index in [0.29, 0.717) is 23.5 Å². The van der Waals surface area contributed by atoms with Crippen molar-refractivity contribution in [2.75, 3.05) is 18.5 Å². The molecule has 0 aliphatic carbocycles. The van der Waals surface area contributed by atoms with E-state index in [2.05, 4.69) is 20.6 Å². The van der Waals surface area contributed by atoms with Crippen LogP contribution < -0.4 is 5.32 Å². The Morgan fingerprint density at radius 1 is 1.20 bits per heavy atom. The number of hydrogen-bond acceptors (Lipinski definition) is 5. The van der Waals surface area contributed by atoms with Gasteiger partial charge in [0.05, 0.1) is 0 Å². The maximum atomic E-state index is 12.7. The highest BCUT2D eigenvalue weighted by Gasteiger charge is 2.37. The molecule has 6 nitrogen and oxygen atoms in total. The number of alkyl halides is 3. The predicted octanol–water partition coefficient (Wildman–Crippen LogP) is 1.73. The first-order valence-corrected chi connectivity index (χ1v) is 6.18. The minimum atomic E-state index is -4.58. The van der Waals surface area contributed by atoms with Gasteiger partial charge in [0.1, 0.15) is 5.82 Å². The third-order valence-corrected chi connectivity index (χ3v) is 3.09. The van der Waals surface area contributed by atoms with E-state index in [1.54, 1.807) is 6.07 Å². The van der Waals surface area contributed by atoms with Crippen molar-refractivity contribution in [1.29, 1.82) is 0 Å². The predicted molar refractivity (Wildman–Crippen MR) is 63.2 cm³/mol. The molecule has 1 saturated heterocycles. The zero-order valence-electron chi connectivity index (χ0n) is 10.4. The van der Waals surface area contributed by atoms with Gasteiger partial charge in [0.2, 0.25) is 0 Å². The summed E-state index contributed by atoms with van der Waals surface area (Å²) in [5, 5.41) is 13.6. The number of aromatic nitrogens is 4. The van der Waals surface area contributed by atoms with Crippen molar-refractivity contribution in [2.24, 2.45) is 0 Å². The molecule has 9 heteroatoms. The lowest BCUT2D eigenvalue weighted by molar-refractivity contribution is -0.146. The summed E-state index contributed by atoms with van der Waals surface area (Å²) in [5.74, 6) is -0.752. The molecule has 0 saturated carbocycles. The van der Waals surface area contributed by atoms with E-state index in [9.17, 15) is 13.2 Å². The van der Waals surface area contributed by atoms with Gasteiger partial charge in [-0.1, -0.05) is 0 Å². The molecule has 3 rings (SSSR count). The van der Waals surface area contributed by atoms with Crippen molar-refractivity contribution in [3.05, 3.63) is 18.0 Å². The van der Waals surface area contributed by atoms with Gasteiger partial charge in [-0.25, -0.2) is 0 Å². The van der Waals surface area contributed by atoms with Gasteiger partial charge >= 0.3 is 6.18 Å². The molecule has 0 spiro atoms. The maximum absolute atomic E-state index is 12.7. The summed E-state index contributed by atoms with van der Waals surface area (Å²) in [6.45, 7) is 1.28. The van der Waals surface area contributed by atoms with Gasteiger partial charge in [0.15, 0.2) is 5.65 Å². The highest BCUT2D eigenvalue weighted by atomic mass is 19.4. The first-order valence-electron chi connectivity index (χ1n) is 6.18. The third-order valence-electron chi connectivity index (χ3n) is 3.09. The van der Waals surface area contributed by atoms with Gasteiger partial charge in [-0.15, -0.1) is 15.3 Å². The normalized spacial score (nSPS) is 17.6. The van der Waals surface area contributed by atoms with Crippen LogP contribution in [0.25, 0.3) is 5.65 Å². The van der Waals surface area contributed by atoms with Crippen molar-refractivity contribution in [1.82, 2.24) is 19.8 Å². The lowest BCUT2D eigenvalue weighted by atomic mass is 10.1. The van der Waals surface area contributed by atoms with Crippen molar-refractivity contribution in [3.8, 4) is 0 Å². The molecule has 20 heavy (non-hydrogen) atoms. The molecule has 0 unspecified atom stereocenters. The molecule has 1 N–H and O–H groups in total. The van der Waals surface area contributed by atoms with E-state index in [1.165, 1.54) is 6.07 Å². The van der Waals surface area contributed by atoms with Crippen LogP contribution in [-0.2, 0) is 10.9 Å². The van der Waals surface area contributed by atoms with Crippen LogP contribution in [0.5, 0.6) is 0 Å². The zero-order valence-corrected chi connectivity index (χ0v) is 10.4. The Balaban J connectivity index is 1.89. The largest absolute Gasteiger partial charge is 0.453 e. The quantitative estimate of drug-likeness (QED) is 0.911. The Morgan fingerprint density at radius 2 is 1.95 bits per heavy atom. The molecule has 1 aliphatic rings. The first kappa shape index (κ1) is 13.1. The summed E-state index contributed by atoms with van der Waals surface area (Å²) in [4.78, 5) is 0. The fraction of sp³-hybridized carbons (Fsp3) is 0.545. The van der Waals surface area contributed by atoms with E-state index in [1.807, 2.05) is 0 Å². The molecule has 2 aromatic rings. The highest BCUT2D eigenvalue weighted by molar-refractivity contribution is 5.44. The zero-order chi connectivity index (χ0) is 14.2. The number of ether oxygens (including phenoxy) is 1. The van der Waals surface area contributed by atoms with E-state index < -0.39 is 12.0 Å². The molecule has 3 heterocycles. The molecule has 1 fully saturated rings. The second-order valence-electron chi connectivity index (χ2n) is 4.54. The topological polar surface area (TPSA) is 64.3 Å². The average molecular weight is 287 g/mol. The standard InChI is InChI=1S/C11H12F3N5O/c12-11(13,14)10-17-16-9-2-1-8(18-19(9)10)15-7-3-5-20-6-4-7/h1-2,7H,3-6H2,(H,15,18). The first-order chi connectivity index (χ1) is 9.54. The molecule has 0 atom stereocenters. The van der Waals surface area contributed by atoms with Crippen LogP contribution in [0.1, 0.15) is 18.7 Å².